The molecule has 29 heavy (non-hydrogen) atoms. The Hall–Kier alpha value is -2.87. The van der Waals surface area contributed by atoms with Gasteiger partial charge in [0.1, 0.15) is 5.75 Å². The molecular weight excluding hydrogens is 368 g/mol. The van der Waals surface area contributed by atoms with Crippen LogP contribution in [0.3, 0.4) is 0 Å². The number of phenolic OH excluding ortho intramolecular Hbond substituents is 1. The molecule has 0 saturated carbocycles. The Labute approximate surface area is 169 Å². The molecule has 5 rings (SSSR count). The van der Waals surface area contributed by atoms with Gasteiger partial charge in [0.15, 0.2) is 5.82 Å². The van der Waals surface area contributed by atoms with Gasteiger partial charge >= 0.3 is 0 Å². The van der Waals surface area contributed by atoms with Gasteiger partial charge in [0, 0.05) is 37.7 Å². The Morgan fingerprint density at radius 3 is 2.79 bits per heavy atom. The Morgan fingerprint density at radius 1 is 1.14 bits per heavy atom. The van der Waals surface area contributed by atoms with Crippen LogP contribution in [0.2, 0.25) is 0 Å². The lowest BCUT2D eigenvalue weighted by molar-refractivity contribution is -0.137. The maximum absolute atomic E-state index is 13.0. The van der Waals surface area contributed by atoms with Gasteiger partial charge in [0.05, 0.1) is 17.4 Å². The van der Waals surface area contributed by atoms with Crippen molar-refractivity contribution in [2.24, 2.45) is 5.92 Å². The summed E-state index contributed by atoms with van der Waals surface area (Å²) in [6, 6.07) is 9.37. The maximum Gasteiger partial charge on any atom is 0.225 e. The Balaban J connectivity index is 1.36. The molecule has 0 unspecified atom stereocenters. The molecule has 2 aromatic rings. The van der Waals surface area contributed by atoms with Crippen molar-refractivity contribution >= 4 is 17.4 Å². The summed E-state index contributed by atoms with van der Waals surface area (Å²) in [7, 11) is 0. The molecule has 8 nitrogen and oxygen atoms in total. The minimum Gasteiger partial charge on any atom is -0.507 e. The monoisotopic (exact) mass is 394 g/mol. The summed E-state index contributed by atoms with van der Waals surface area (Å²) in [5, 5.41) is 25.5. The summed E-state index contributed by atoms with van der Waals surface area (Å²) in [5.41, 5.74) is 2.31. The van der Waals surface area contributed by atoms with Gasteiger partial charge in [-0.05, 0) is 44.1 Å². The summed E-state index contributed by atoms with van der Waals surface area (Å²) in [5.74, 6) is 1.42. The van der Waals surface area contributed by atoms with Crippen LogP contribution in [0.5, 0.6) is 5.75 Å². The number of anilines is 2. The van der Waals surface area contributed by atoms with Crippen molar-refractivity contribution in [2.45, 2.75) is 18.9 Å². The summed E-state index contributed by atoms with van der Waals surface area (Å²) in [4.78, 5) is 17.3. The lowest BCUT2D eigenvalue weighted by Gasteiger charge is -2.46. The smallest absolute Gasteiger partial charge is 0.225 e. The maximum atomic E-state index is 13.0. The zero-order valence-electron chi connectivity index (χ0n) is 16.3. The average molecular weight is 394 g/mol. The van der Waals surface area contributed by atoms with E-state index in [4.69, 9.17) is 0 Å². The van der Waals surface area contributed by atoms with E-state index in [9.17, 15) is 9.90 Å². The first-order chi connectivity index (χ1) is 14.2. The number of phenols is 1. The molecule has 1 aromatic carbocycles. The van der Waals surface area contributed by atoms with Crippen molar-refractivity contribution in [1.82, 2.24) is 20.4 Å². The molecule has 8 heteroatoms. The third kappa shape index (κ3) is 3.37. The summed E-state index contributed by atoms with van der Waals surface area (Å²) in [6.45, 7) is 4.84. The van der Waals surface area contributed by atoms with Crippen molar-refractivity contribution in [3.8, 4) is 17.0 Å². The molecule has 2 fully saturated rings. The fraction of sp³-hybridized carbons (Fsp3) is 0.476. The molecule has 3 aliphatic rings. The van der Waals surface area contributed by atoms with Crippen LogP contribution < -0.4 is 15.5 Å². The van der Waals surface area contributed by atoms with Crippen molar-refractivity contribution in [1.29, 1.82) is 0 Å². The van der Waals surface area contributed by atoms with E-state index in [0.29, 0.717) is 17.2 Å². The minimum absolute atomic E-state index is 0.158. The highest BCUT2D eigenvalue weighted by molar-refractivity contribution is 5.80. The Morgan fingerprint density at radius 2 is 1.97 bits per heavy atom. The number of amides is 1. The third-order valence-corrected chi connectivity index (χ3v) is 6.25. The fourth-order valence-electron chi connectivity index (χ4n) is 4.64. The highest BCUT2D eigenvalue weighted by Gasteiger charge is 2.36. The second kappa shape index (κ2) is 7.51. The number of carbonyl (C=O) groups excluding carboxylic acids is 1. The van der Waals surface area contributed by atoms with Crippen molar-refractivity contribution < 1.29 is 9.90 Å². The van der Waals surface area contributed by atoms with E-state index in [1.165, 1.54) is 0 Å². The van der Waals surface area contributed by atoms with Crippen LogP contribution in [0.1, 0.15) is 12.8 Å². The summed E-state index contributed by atoms with van der Waals surface area (Å²) >= 11 is 0. The van der Waals surface area contributed by atoms with Gasteiger partial charge in [-0.15, -0.1) is 10.2 Å². The number of benzene rings is 1. The SMILES string of the molecule is O=C(C1CCNCC1)N1CCN2c3cc(-c4ccccc4O)nnc3NC[C@H]2C1. The molecule has 1 atom stereocenters. The molecule has 1 aromatic heterocycles. The number of fused-ring (bicyclic) bond motifs is 3. The normalized spacial score (nSPS) is 21.9. The number of nitrogens with zero attached hydrogens (tertiary/aromatic N) is 4. The Kier molecular flexibility index (Phi) is 4.71. The first-order valence-corrected chi connectivity index (χ1v) is 10.4. The van der Waals surface area contributed by atoms with Crippen LogP contribution in [0.15, 0.2) is 30.3 Å². The molecule has 1 amide bonds. The number of rotatable bonds is 2. The highest BCUT2D eigenvalue weighted by Crippen LogP contribution is 2.36. The quantitative estimate of drug-likeness (QED) is 0.707. The van der Waals surface area contributed by atoms with Crippen molar-refractivity contribution in [3.63, 3.8) is 0 Å². The van der Waals surface area contributed by atoms with Crippen LogP contribution in [-0.4, -0.2) is 71.4 Å². The summed E-state index contributed by atoms with van der Waals surface area (Å²) < 4.78 is 0. The van der Waals surface area contributed by atoms with Gasteiger partial charge in [-0.1, -0.05) is 12.1 Å². The van der Waals surface area contributed by atoms with E-state index in [0.717, 1.165) is 63.6 Å². The Bertz CT molecular complexity index is 914. The van der Waals surface area contributed by atoms with E-state index in [-0.39, 0.29) is 17.7 Å². The van der Waals surface area contributed by atoms with Gasteiger partial charge in [-0.3, -0.25) is 4.79 Å². The van der Waals surface area contributed by atoms with E-state index < -0.39 is 0 Å². The van der Waals surface area contributed by atoms with Crippen LogP contribution in [0.4, 0.5) is 11.5 Å². The number of carbonyl (C=O) groups is 1. The number of aromatic nitrogens is 2. The number of nitrogens with one attached hydrogen (secondary N) is 2. The number of hydrogen-bond acceptors (Lipinski definition) is 7. The lowest BCUT2D eigenvalue weighted by Crippen LogP contribution is -2.60. The van der Waals surface area contributed by atoms with E-state index in [1.807, 2.05) is 23.1 Å². The lowest BCUT2D eigenvalue weighted by atomic mass is 9.95. The van der Waals surface area contributed by atoms with Crippen molar-refractivity contribution in [2.75, 3.05) is 49.5 Å². The molecule has 0 spiro atoms. The summed E-state index contributed by atoms with van der Waals surface area (Å²) in [6.07, 6.45) is 1.87. The third-order valence-electron chi connectivity index (χ3n) is 6.25. The highest BCUT2D eigenvalue weighted by atomic mass is 16.3. The molecule has 0 bridgehead atoms. The first-order valence-electron chi connectivity index (χ1n) is 10.4. The molecule has 0 radical (unpaired) electrons. The first kappa shape index (κ1) is 18.2. The van der Waals surface area contributed by atoms with Gasteiger partial charge in [0.25, 0.3) is 0 Å². The average Bonchev–Trinajstić information content (AvgIpc) is 2.78. The van der Waals surface area contributed by atoms with Crippen LogP contribution in [-0.2, 0) is 4.79 Å². The fourth-order valence-corrected chi connectivity index (χ4v) is 4.64. The zero-order valence-corrected chi connectivity index (χ0v) is 16.3. The van der Waals surface area contributed by atoms with E-state index in [2.05, 4.69) is 25.7 Å². The molecule has 3 aliphatic heterocycles. The molecule has 2 saturated heterocycles. The molecule has 152 valence electrons. The van der Waals surface area contributed by atoms with Crippen molar-refractivity contribution in [3.05, 3.63) is 30.3 Å². The zero-order chi connectivity index (χ0) is 19.8. The van der Waals surface area contributed by atoms with E-state index >= 15 is 0 Å². The number of para-hydroxylation sites is 1. The predicted octanol–water partition coefficient (Wildman–Crippen LogP) is 1.29. The molecule has 0 aliphatic carbocycles. The number of piperazine rings is 1. The van der Waals surface area contributed by atoms with Crippen LogP contribution >= 0.6 is 0 Å². The standard InChI is InChI=1S/C21H26N6O2/c28-19-4-2-1-3-16(19)17-11-18-20(25-24-17)23-12-15-13-26(9-10-27(15)18)21(29)14-5-7-22-8-6-14/h1-4,11,14-15,22,28H,5-10,12-13H2,(H,23,25)/t15-/m0/s1. The largest absolute Gasteiger partial charge is 0.507 e. The number of aromatic hydroxyl groups is 1. The predicted molar refractivity (Wildman–Crippen MR) is 111 cm³/mol. The molecule has 3 N–H and O–H groups in total. The van der Waals surface area contributed by atoms with Gasteiger partial charge in [-0.2, -0.15) is 0 Å². The van der Waals surface area contributed by atoms with Gasteiger partial charge in [0.2, 0.25) is 5.91 Å². The molecular formula is C21H26N6O2. The number of piperidine rings is 1. The second-order valence-corrected chi connectivity index (χ2v) is 8.02. The van der Waals surface area contributed by atoms with Gasteiger partial charge < -0.3 is 25.5 Å². The van der Waals surface area contributed by atoms with E-state index in [1.54, 1.807) is 12.1 Å². The molecule has 4 heterocycles. The minimum atomic E-state index is 0.158. The number of hydrogen-bond donors (Lipinski definition) is 3. The van der Waals surface area contributed by atoms with Gasteiger partial charge in [-0.25, -0.2) is 0 Å². The topological polar surface area (TPSA) is 93.6 Å². The van der Waals surface area contributed by atoms with Crippen LogP contribution in [0.25, 0.3) is 11.3 Å². The van der Waals surface area contributed by atoms with Crippen LogP contribution in [0, 0.1) is 5.92 Å². The second-order valence-electron chi connectivity index (χ2n) is 8.02.